The maximum Gasteiger partial charge on any atom is 0.271 e. The summed E-state index contributed by atoms with van der Waals surface area (Å²) in [7, 11) is 0. The van der Waals surface area contributed by atoms with Gasteiger partial charge in [-0.05, 0) is 55.9 Å². The molecule has 0 aromatic heterocycles. The lowest BCUT2D eigenvalue weighted by Crippen LogP contribution is -2.22. The van der Waals surface area contributed by atoms with Crippen molar-refractivity contribution in [1.82, 2.24) is 5.43 Å². The fraction of sp³-hybridized carbons (Fsp3) is 0.429. The van der Waals surface area contributed by atoms with Crippen molar-refractivity contribution in [3.8, 4) is 5.75 Å². The Morgan fingerprint density at radius 2 is 2.11 bits per heavy atom. The lowest BCUT2D eigenvalue weighted by atomic mass is 9.89. The Hall–Kier alpha value is -1.84. The average molecular weight is 246 g/mol. The van der Waals surface area contributed by atoms with Crippen LogP contribution in [-0.2, 0) is 0 Å². The van der Waals surface area contributed by atoms with E-state index in [1.54, 1.807) is 12.1 Å². The number of hydrogen-bond acceptors (Lipinski definition) is 3. The Kier molecular flexibility index (Phi) is 3.97. The largest absolute Gasteiger partial charge is 0.508 e. The SMILES string of the molecule is CC1CCCC(=NNC(=O)c2ccc(O)cc2)C1. The van der Waals surface area contributed by atoms with Gasteiger partial charge in [0.2, 0.25) is 0 Å². The summed E-state index contributed by atoms with van der Waals surface area (Å²) in [6.45, 7) is 2.20. The van der Waals surface area contributed by atoms with Crippen LogP contribution in [0.1, 0.15) is 43.0 Å². The third kappa shape index (κ3) is 3.32. The van der Waals surface area contributed by atoms with Gasteiger partial charge >= 0.3 is 0 Å². The summed E-state index contributed by atoms with van der Waals surface area (Å²) in [5.74, 6) is 0.572. The number of carbonyl (C=O) groups excluding carboxylic acids is 1. The minimum absolute atomic E-state index is 0.152. The standard InChI is InChI=1S/C14H18N2O2/c1-10-3-2-4-12(9-10)15-16-14(18)11-5-7-13(17)8-6-11/h5-8,10,17H,2-4,9H2,1H3,(H,16,18). The zero-order valence-electron chi connectivity index (χ0n) is 10.5. The van der Waals surface area contributed by atoms with Crippen LogP contribution < -0.4 is 5.43 Å². The number of carbonyl (C=O) groups is 1. The van der Waals surface area contributed by atoms with Gasteiger partial charge in [0.1, 0.15) is 5.75 Å². The number of aromatic hydroxyl groups is 1. The van der Waals surface area contributed by atoms with Gasteiger partial charge in [-0.2, -0.15) is 5.10 Å². The van der Waals surface area contributed by atoms with E-state index in [1.165, 1.54) is 18.6 Å². The lowest BCUT2D eigenvalue weighted by Gasteiger charge is -2.18. The molecule has 1 amide bonds. The zero-order chi connectivity index (χ0) is 13.0. The highest BCUT2D eigenvalue weighted by atomic mass is 16.3. The van der Waals surface area contributed by atoms with Crippen molar-refractivity contribution in [3.63, 3.8) is 0 Å². The second kappa shape index (κ2) is 5.67. The molecule has 4 nitrogen and oxygen atoms in total. The molecule has 2 rings (SSSR count). The lowest BCUT2D eigenvalue weighted by molar-refractivity contribution is 0.0954. The molecule has 0 saturated heterocycles. The molecule has 1 aromatic rings. The van der Waals surface area contributed by atoms with Crippen LogP contribution in [-0.4, -0.2) is 16.7 Å². The molecule has 1 atom stereocenters. The van der Waals surface area contributed by atoms with Gasteiger partial charge in [0, 0.05) is 11.3 Å². The molecule has 0 spiro atoms. The molecular weight excluding hydrogens is 228 g/mol. The van der Waals surface area contributed by atoms with E-state index in [9.17, 15) is 4.79 Å². The van der Waals surface area contributed by atoms with Gasteiger partial charge in [0.25, 0.3) is 5.91 Å². The Labute approximate surface area is 107 Å². The van der Waals surface area contributed by atoms with Crippen LogP contribution in [0.4, 0.5) is 0 Å². The van der Waals surface area contributed by atoms with Gasteiger partial charge in [0.15, 0.2) is 0 Å². The highest BCUT2D eigenvalue weighted by Gasteiger charge is 2.14. The first-order chi connectivity index (χ1) is 8.65. The number of rotatable bonds is 2. The molecule has 1 aliphatic rings. The molecule has 1 fully saturated rings. The third-order valence-electron chi connectivity index (χ3n) is 3.19. The molecule has 1 aromatic carbocycles. The van der Waals surface area contributed by atoms with E-state index in [-0.39, 0.29) is 11.7 Å². The molecule has 0 radical (unpaired) electrons. The molecule has 1 saturated carbocycles. The first-order valence-electron chi connectivity index (χ1n) is 6.30. The summed E-state index contributed by atoms with van der Waals surface area (Å²) in [6, 6.07) is 6.14. The third-order valence-corrected chi connectivity index (χ3v) is 3.19. The van der Waals surface area contributed by atoms with E-state index in [2.05, 4.69) is 17.5 Å². The minimum Gasteiger partial charge on any atom is -0.508 e. The first kappa shape index (κ1) is 12.6. The van der Waals surface area contributed by atoms with Crippen molar-refractivity contribution in [2.45, 2.75) is 32.6 Å². The molecule has 1 unspecified atom stereocenters. The summed E-state index contributed by atoms with van der Waals surface area (Å²) >= 11 is 0. The van der Waals surface area contributed by atoms with Crippen molar-refractivity contribution in [1.29, 1.82) is 0 Å². The Bertz CT molecular complexity index is 451. The molecule has 0 aliphatic heterocycles. The highest BCUT2D eigenvalue weighted by Crippen LogP contribution is 2.21. The van der Waals surface area contributed by atoms with Crippen LogP contribution >= 0.6 is 0 Å². The fourth-order valence-corrected chi connectivity index (χ4v) is 2.17. The van der Waals surface area contributed by atoms with Gasteiger partial charge < -0.3 is 5.11 Å². The van der Waals surface area contributed by atoms with Crippen LogP contribution in [0.3, 0.4) is 0 Å². The molecule has 2 N–H and O–H groups in total. The number of phenolic OH excluding ortho intramolecular Hbond substituents is 1. The summed E-state index contributed by atoms with van der Waals surface area (Å²) in [5, 5.41) is 13.3. The monoisotopic (exact) mass is 246 g/mol. The van der Waals surface area contributed by atoms with Gasteiger partial charge in [-0.15, -0.1) is 0 Å². The molecule has 0 bridgehead atoms. The van der Waals surface area contributed by atoms with Crippen molar-refractivity contribution in [2.24, 2.45) is 11.0 Å². The van der Waals surface area contributed by atoms with E-state index >= 15 is 0 Å². The van der Waals surface area contributed by atoms with Gasteiger partial charge in [-0.3, -0.25) is 4.79 Å². The fourth-order valence-electron chi connectivity index (χ4n) is 2.17. The van der Waals surface area contributed by atoms with E-state index in [0.29, 0.717) is 11.5 Å². The maximum atomic E-state index is 11.8. The van der Waals surface area contributed by atoms with E-state index in [1.807, 2.05) is 0 Å². The predicted octanol–water partition coefficient (Wildman–Crippen LogP) is 2.69. The number of hydrogen-bond donors (Lipinski definition) is 2. The van der Waals surface area contributed by atoms with Crippen molar-refractivity contribution < 1.29 is 9.90 Å². The van der Waals surface area contributed by atoms with E-state index in [4.69, 9.17) is 5.11 Å². The topological polar surface area (TPSA) is 61.7 Å². The normalized spacial score (nSPS) is 21.8. The number of benzene rings is 1. The summed E-state index contributed by atoms with van der Waals surface area (Å²) in [6.07, 6.45) is 4.33. The number of hydrazone groups is 1. The van der Waals surface area contributed by atoms with Crippen LogP contribution in [0.15, 0.2) is 29.4 Å². The summed E-state index contributed by atoms with van der Waals surface area (Å²) in [4.78, 5) is 11.8. The highest BCUT2D eigenvalue weighted by molar-refractivity contribution is 5.95. The molecule has 1 aliphatic carbocycles. The number of phenols is 1. The molecule has 96 valence electrons. The van der Waals surface area contributed by atoms with E-state index in [0.717, 1.165) is 25.0 Å². The van der Waals surface area contributed by atoms with Gasteiger partial charge in [0.05, 0.1) is 0 Å². The van der Waals surface area contributed by atoms with Crippen molar-refractivity contribution in [3.05, 3.63) is 29.8 Å². The molecule has 4 heteroatoms. The maximum absolute atomic E-state index is 11.8. The quantitative estimate of drug-likeness (QED) is 0.788. The van der Waals surface area contributed by atoms with Crippen LogP contribution in [0, 0.1) is 5.92 Å². The van der Waals surface area contributed by atoms with Gasteiger partial charge in [-0.25, -0.2) is 5.43 Å². The number of nitrogens with zero attached hydrogens (tertiary/aromatic N) is 1. The van der Waals surface area contributed by atoms with Crippen LogP contribution in [0.2, 0.25) is 0 Å². The second-order valence-corrected chi connectivity index (χ2v) is 4.87. The number of nitrogens with one attached hydrogen (secondary N) is 1. The van der Waals surface area contributed by atoms with Crippen LogP contribution in [0.5, 0.6) is 5.75 Å². The Balaban J connectivity index is 1.95. The molecular formula is C14H18N2O2. The summed E-state index contributed by atoms with van der Waals surface area (Å²) in [5.41, 5.74) is 4.15. The second-order valence-electron chi connectivity index (χ2n) is 4.87. The van der Waals surface area contributed by atoms with Crippen molar-refractivity contribution >= 4 is 11.6 Å². The summed E-state index contributed by atoms with van der Waals surface area (Å²) < 4.78 is 0. The molecule has 18 heavy (non-hydrogen) atoms. The first-order valence-corrected chi connectivity index (χ1v) is 6.30. The predicted molar refractivity (Wildman–Crippen MR) is 70.6 cm³/mol. The van der Waals surface area contributed by atoms with E-state index < -0.39 is 0 Å². The Morgan fingerprint density at radius 1 is 1.39 bits per heavy atom. The van der Waals surface area contributed by atoms with Crippen LogP contribution in [0.25, 0.3) is 0 Å². The van der Waals surface area contributed by atoms with Gasteiger partial charge in [-0.1, -0.05) is 6.92 Å². The zero-order valence-corrected chi connectivity index (χ0v) is 10.5. The smallest absolute Gasteiger partial charge is 0.271 e. The molecule has 0 heterocycles. The van der Waals surface area contributed by atoms with Crippen molar-refractivity contribution in [2.75, 3.05) is 0 Å². The number of amides is 1. The minimum atomic E-state index is -0.235. The average Bonchev–Trinajstić information content (AvgIpc) is 2.37. The Morgan fingerprint density at radius 3 is 2.78 bits per heavy atom.